The number of aryl methyl sites for hydroxylation is 1. The zero-order chi connectivity index (χ0) is 23.2. The Kier molecular flexibility index (Phi) is 4.69. The zero-order valence-corrected chi connectivity index (χ0v) is 18.6. The van der Waals surface area contributed by atoms with Gasteiger partial charge in [-0.2, -0.15) is 0 Å². The number of hydrogen-bond donors (Lipinski definition) is 2. The molecule has 0 saturated heterocycles. The maximum absolute atomic E-state index is 11.6. The normalized spacial score (nSPS) is 13.3. The lowest BCUT2D eigenvalue weighted by molar-refractivity contribution is 0.0697. The summed E-state index contributed by atoms with van der Waals surface area (Å²) in [6.07, 6.45) is 3.84. The Morgan fingerprint density at radius 2 is 1.94 bits per heavy atom. The van der Waals surface area contributed by atoms with E-state index in [9.17, 15) is 9.90 Å². The van der Waals surface area contributed by atoms with Gasteiger partial charge < -0.3 is 19.7 Å². The van der Waals surface area contributed by atoms with Crippen LogP contribution in [0.1, 0.15) is 22.3 Å². The Hall–Kier alpha value is -4.39. The molecule has 0 aliphatic carbocycles. The smallest absolute Gasteiger partial charge is 0.335 e. The molecule has 0 bridgehead atoms. The third-order valence-electron chi connectivity index (χ3n) is 6.38. The molecule has 0 radical (unpaired) electrons. The van der Waals surface area contributed by atoms with Gasteiger partial charge in [0.25, 0.3) is 0 Å². The van der Waals surface area contributed by atoms with Crippen LogP contribution < -0.4 is 9.64 Å². The number of anilines is 2. The van der Waals surface area contributed by atoms with Gasteiger partial charge in [0.15, 0.2) is 5.82 Å². The van der Waals surface area contributed by atoms with Crippen molar-refractivity contribution in [3.8, 4) is 17.0 Å². The Morgan fingerprint density at radius 3 is 2.79 bits per heavy atom. The average molecular weight is 450 g/mol. The number of methoxy groups -OCH3 is 1. The second-order valence-corrected chi connectivity index (χ2v) is 8.43. The first kappa shape index (κ1) is 20.2. The highest BCUT2D eigenvalue weighted by Gasteiger charge is 2.24. The SMILES string of the molecule is COc1ccc2c(c1)CCCN2c1nc2cc(C(=O)O)ccc2nc1-c1ccc2[nH]ccc2c1. The van der Waals surface area contributed by atoms with Crippen molar-refractivity contribution in [3.05, 3.63) is 78.0 Å². The van der Waals surface area contributed by atoms with Gasteiger partial charge in [0.05, 0.1) is 23.7 Å². The van der Waals surface area contributed by atoms with E-state index in [-0.39, 0.29) is 5.56 Å². The van der Waals surface area contributed by atoms with Crippen molar-refractivity contribution in [2.45, 2.75) is 12.8 Å². The summed E-state index contributed by atoms with van der Waals surface area (Å²) in [6.45, 7) is 0.789. The van der Waals surface area contributed by atoms with Crippen LogP contribution >= 0.6 is 0 Å². The lowest BCUT2D eigenvalue weighted by Crippen LogP contribution is -2.26. The average Bonchev–Trinajstić information content (AvgIpc) is 3.35. The van der Waals surface area contributed by atoms with Crippen molar-refractivity contribution in [2.75, 3.05) is 18.6 Å². The fraction of sp³-hybridized carbons (Fsp3) is 0.148. The molecule has 0 amide bonds. The van der Waals surface area contributed by atoms with E-state index in [4.69, 9.17) is 14.7 Å². The molecule has 168 valence electrons. The molecule has 7 nitrogen and oxygen atoms in total. The summed E-state index contributed by atoms with van der Waals surface area (Å²) < 4.78 is 5.44. The van der Waals surface area contributed by atoms with Crippen LogP contribution in [0.15, 0.2) is 66.9 Å². The molecule has 7 heteroatoms. The van der Waals surface area contributed by atoms with Crippen LogP contribution in [-0.4, -0.2) is 39.7 Å². The standard InChI is InChI=1S/C27H22N4O3/c1-34-20-6-9-24-17(14-20)3-2-12-31(24)26-25(18-4-7-21-16(13-18)10-11-28-21)29-22-8-5-19(27(32)33)15-23(22)30-26/h4-11,13-15,28H,2-3,12H2,1H3,(H,32,33). The number of benzene rings is 3. The fourth-order valence-corrected chi connectivity index (χ4v) is 4.68. The number of aromatic amines is 1. The van der Waals surface area contributed by atoms with Crippen LogP contribution in [0.2, 0.25) is 0 Å². The minimum Gasteiger partial charge on any atom is -0.497 e. The maximum Gasteiger partial charge on any atom is 0.335 e. The van der Waals surface area contributed by atoms with E-state index >= 15 is 0 Å². The zero-order valence-electron chi connectivity index (χ0n) is 18.6. The van der Waals surface area contributed by atoms with Gasteiger partial charge in [0.1, 0.15) is 11.4 Å². The summed E-state index contributed by atoms with van der Waals surface area (Å²) in [5.41, 5.74) is 6.45. The molecule has 5 aromatic rings. The second kappa shape index (κ2) is 7.88. The highest BCUT2D eigenvalue weighted by atomic mass is 16.5. The van der Waals surface area contributed by atoms with E-state index in [0.29, 0.717) is 11.0 Å². The molecule has 2 N–H and O–H groups in total. The van der Waals surface area contributed by atoms with E-state index in [0.717, 1.165) is 58.8 Å². The molecule has 0 unspecified atom stereocenters. The Labute approximate surface area is 195 Å². The molecular weight excluding hydrogens is 428 g/mol. The van der Waals surface area contributed by atoms with Gasteiger partial charge in [0.2, 0.25) is 0 Å². The molecule has 6 rings (SSSR count). The van der Waals surface area contributed by atoms with Crippen molar-refractivity contribution >= 4 is 39.4 Å². The number of fused-ring (bicyclic) bond motifs is 3. The summed E-state index contributed by atoms with van der Waals surface area (Å²) in [6, 6.07) is 19.2. The quantitative estimate of drug-likeness (QED) is 0.372. The highest BCUT2D eigenvalue weighted by molar-refractivity contribution is 5.95. The van der Waals surface area contributed by atoms with Crippen LogP contribution in [0.5, 0.6) is 5.75 Å². The Balaban J connectivity index is 1.59. The van der Waals surface area contributed by atoms with Gasteiger partial charge in [-0.1, -0.05) is 6.07 Å². The summed E-state index contributed by atoms with van der Waals surface area (Å²) in [4.78, 5) is 27.0. The van der Waals surface area contributed by atoms with E-state index in [1.54, 1.807) is 25.3 Å². The molecular formula is C27H22N4O3. The molecule has 0 spiro atoms. The lowest BCUT2D eigenvalue weighted by Gasteiger charge is -2.32. The van der Waals surface area contributed by atoms with Crippen molar-refractivity contribution < 1.29 is 14.6 Å². The Bertz CT molecular complexity index is 1570. The summed E-state index contributed by atoms with van der Waals surface area (Å²) in [5, 5.41) is 10.6. The fourth-order valence-electron chi connectivity index (χ4n) is 4.68. The topological polar surface area (TPSA) is 91.3 Å². The van der Waals surface area contributed by atoms with Gasteiger partial charge in [-0.15, -0.1) is 0 Å². The lowest BCUT2D eigenvalue weighted by atomic mass is 10.00. The molecule has 0 fully saturated rings. The van der Waals surface area contributed by atoms with Crippen LogP contribution in [0.25, 0.3) is 33.2 Å². The number of nitrogens with one attached hydrogen (secondary N) is 1. The number of aromatic nitrogens is 3. The number of carboxylic acid groups (broad SMARTS) is 1. The number of aromatic carboxylic acids is 1. The van der Waals surface area contributed by atoms with E-state index < -0.39 is 5.97 Å². The molecule has 0 atom stereocenters. The van der Waals surface area contributed by atoms with Gasteiger partial charge in [-0.3, -0.25) is 0 Å². The number of carboxylic acids is 1. The largest absolute Gasteiger partial charge is 0.497 e. The third kappa shape index (κ3) is 3.33. The first-order valence-corrected chi connectivity index (χ1v) is 11.2. The van der Waals surface area contributed by atoms with Crippen LogP contribution in [0.4, 0.5) is 11.5 Å². The van der Waals surface area contributed by atoms with Gasteiger partial charge in [-0.05, 0) is 73.0 Å². The minimum atomic E-state index is -0.984. The number of H-pyrrole nitrogens is 1. The molecule has 0 saturated carbocycles. The summed E-state index contributed by atoms with van der Waals surface area (Å²) >= 11 is 0. The summed E-state index contributed by atoms with van der Waals surface area (Å²) in [7, 11) is 1.67. The number of ether oxygens (including phenoxy) is 1. The van der Waals surface area contributed by atoms with Crippen molar-refractivity contribution in [1.29, 1.82) is 0 Å². The molecule has 2 aromatic heterocycles. The highest BCUT2D eigenvalue weighted by Crippen LogP contribution is 2.40. The number of carbonyl (C=O) groups is 1. The second-order valence-electron chi connectivity index (χ2n) is 8.43. The number of hydrogen-bond acceptors (Lipinski definition) is 5. The Morgan fingerprint density at radius 1 is 1.03 bits per heavy atom. The van der Waals surface area contributed by atoms with Crippen LogP contribution in [0, 0.1) is 0 Å². The molecule has 34 heavy (non-hydrogen) atoms. The number of nitrogens with zero attached hydrogens (tertiary/aromatic N) is 3. The van der Waals surface area contributed by atoms with Crippen LogP contribution in [0.3, 0.4) is 0 Å². The van der Waals surface area contributed by atoms with Crippen molar-refractivity contribution in [3.63, 3.8) is 0 Å². The van der Waals surface area contributed by atoms with Gasteiger partial charge in [-0.25, -0.2) is 14.8 Å². The van der Waals surface area contributed by atoms with E-state index in [1.165, 1.54) is 5.56 Å². The predicted octanol–water partition coefficient (Wildman–Crippen LogP) is 5.57. The maximum atomic E-state index is 11.6. The van der Waals surface area contributed by atoms with Crippen LogP contribution in [-0.2, 0) is 6.42 Å². The van der Waals surface area contributed by atoms with E-state index in [2.05, 4.69) is 28.1 Å². The first-order valence-electron chi connectivity index (χ1n) is 11.2. The molecule has 3 heterocycles. The minimum absolute atomic E-state index is 0.193. The van der Waals surface area contributed by atoms with Crippen molar-refractivity contribution in [2.24, 2.45) is 0 Å². The number of rotatable bonds is 4. The van der Waals surface area contributed by atoms with Gasteiger partial charge >= 0.3 is 5.97 Å². The molecule has 1 aliphatic heterocycles. The first-order chi connectivity index (χ1) is 16.6. The monoisotopic (exact) mass is 450 g/mol. The third-order valence-corrected chi connectivity index (χ3v) is 6.38. The van der Waals surface area contributed by atoms with E-state index in [1.807, 2.05) is 30.5 Å². The predicted molar refractivity (Wildman–Crippen MR) is 132 cm³/mol. The van der Waals surface area contributed by atoms with Gasteiger partial charge in [0, 0.05) is 34.9 Å². The van der Waals surface area contributed by atoms with Crippen molar-refractivity contribution in [1.82, 2.24) is 15.0 Å². The summed E-state index contributed by atoms with van der Waals surface area (Å²) in [5.74, 6) is 0.563. The molecule has 3 aromatic carbocycles. The molecule has 1 aliphatic rings.